The zero-order valence-electron chi connectivity index (χ0n) is 36.9. The molecular formula is C44H59N9O13. The minimum absolute atomic E-state index is 0.0307. The highest BCUT2D eigenvalue weighted by atomic mass is 16.4. The molecule has 0 aliphatic carbocycles. The third kappa shape index (κ3) is 18.9. The Bertz CT molecular complexity index is 2070. The van der Waals surface area contributed by atoms with Crippen LogP contribution < -0.4 is 48.3 Å². The highest BCUT2D eigenvalue weighted by molar-refractivity contribution is 6.04. The summed E-state index contributed by atoms with van der Waals surface area (Å²) in [5.74, 6) is -11.8. The largest absolute Gasteiger partial charge is 0.481 e. The van der Waals surface area contributed by atoms with Gasteiger partial charge in [-0.05, 0) is 49.1 Å². The number of rotatable bonds is 17. The third-order valence-electron chi connectivity index (χ3n) is 10.1. The molecule has 0 radical (unpaired) electrons. The summed E-state index contributed by atoms with van der Waals surface area (Å²) in [7, 11) is 0. The van der Waals surface area contributed by atoms with Gasteiger partial charge in [0.2, 0.25) is 53.2 Å². The minimum Gasteiger partial charge on any atom is -0.481 e. The van der Waals surface area contributed by atoms with Crippen LogP contribution in [0.15, 0.2) is 60.7 Å². The lowest BCUT2D eigenvalue weighted by Crippen LogP contribution is -2.60. The number of nitrogens with one attached hydrogen (secondary N) is 8. The van der Waals surface area contributed by atoms with Gasteiger partial charge < -0.3 is 53.2 Å². The first-order chi connectivity index (χ1) is 31.2. The molecule has 2 aromatic carbocycles. The molecule has 66 heavy (non-hydrogen) atoms. The fraction of sp³-hybridized carbons (Fsp3) is 0.477. The van der Waals surface area contributed by atoms with Crippen molar-refractivity contribution in [1.82, 2.24) is 42.5 Å². The number of carboxylic acids is 2. The Morgan fingerprint density at radius 1 is 0.712 bits per heavy atom. The van der Waals surface area contributed by atoms with Gasteiger partial charge in [0.1, 0.15) is 36.3 Å². The van der Waals surface area contributed by atoms with Crippen molar-refractivity contribution >= 4 is 65.1 Å². The molecule has 7 atom stereocenters. The molecule has 0 spiro atoms. The summed E-state index contributed by atoms with van der Waals surface area (Å²) < 4.78 is 0. The number of hydrogen-bond acceptors (Lipinski definition) is 12. The molecule has 1 heterocycles. The van der Waals surface area contributed by atoms with Gasteiger partial charge in [-0.1, -0.05) is 74.5 Å². The summed E-state index contributed by atoms with van der Waals surface area (Å²) in [6, 6.07) is 6.75. The van der Waals surface area contributed by atoms with Crippen LogP contribution in [0.5, 0.6) is 0 Å². The quantitative estimate of drug-likeness (QED) is 0.0823. The van der Waals surface area contributed by atoms with E-state index >= 15 is 0 Å². The number of carboxylic acid groups (broad SMARTS) is 2. The number of nitrogens with two attached hydrogens (primary N) is 1. The molecular weight excluding hydrogens is 863 g/mol. The molecule has 3 unspecified atom stereocenters. The van der Waals surface area contributed by atoms with Gasteiger partial charge in [-0.15, -0.1) is 0 Å². The van der Waals surface area contributed by atoms with Crippen LogP contribution >= 0.6 is 0 Å². The van der Waals surface area contributed by atoms with E-state index in [2.05, 4.69) is 37.2 Å². The van der Waals surface area contributed by atoms with Crippen molar-refractivity contribution < 1.29 is 63.0 Å². The molecule has 9 amide bonds. The Morgan fingerprint density at radius 2 is 1.30 bits per heavy atom. The van der Waals surface area contributed by atoms with Crippen molar-refractivity contribution in [3.8, 4) is 0 Å². The van der Waals surface area contributed by atoms with E-state index < -0.39 is 120 Å². The number of amides is 9. The van der Waals surface area contributed by atoms with Crippen LogP contribution in [0.4, 0.5) is 0 Å². The zero-order valence-corrected chi connectivity index (χ0v) is 36.9. The van der Waals surface area contributed by atoms with Crippen LogP contribution in [0.3, 0.4) is 0 Å². The van der Waals surface area contributed by atoms with Crippen molar-refractivity contribution in [1.29, 1.82) is 0 Å². The molecule has 358 valence electrons. The second-order valence-corrected chi connectivity index (χ2v) is 16.3. The van der Waals surface area contributed by atoms with E-state index in [0.717, 1.165) is 0 Å². The van der Waals surface area contributed by atoms with Gasteiger partial charge in [0, 0.05) is 26.3 Å². The van der Waals surface area contributed by atoms with E-state index in [1.54, 1.807) is 74.5 Å². The van der Waals surface area contributed by atoms with E-state index in [-0.39, 0.29) is 57.4 Å². The second kappa shape index (κ2) is 26.5. The molecule has 1 aliphatic rings. The molecule has 22 nitrogen and oxygen atoms in total. The first-order valence-electron chi connectivity index (χ1n) is 21.4. The molecule has 1 aliphatic heterocycles. The molecule has 1 saturated heterocycles. The highest BCUT2D eigenvalue weighted by Crippen LogP contribution is 2.11. The van der Waals surface area contributed by atoms with Crippen LogP contribution in [-0.4, -0.2) is 124 Å². The first-order valence-corrected chi connectivity index (χ1v) is 21.4. The van der Waals surface area contributed by atoms with Crippen LogP contribution in [0.2, 0.25) is 0 Å². The van der Waals surface area contributed by atoms with E-state index in [9.17, 15) is 63.0 Å². The average molecular weight is 922 g/mol. The predicted molar refractivity (Wildman–Crippen MR) is 234 cm³/mol. The maximum atomic E-state index is 13.9. The third-order valence-corrected chi connectivity index (χ3v) is 10.1. The Labute approximate surface area is 380 Å². The van der Waals surface area contributed by atoms with Crippen molar-refractivity contribution in [2.24, 2.45) is 11.7 Å². The molecule has 22 heteroatoms. The number of carbonyl (C=O) groups excluding carboxylic acids is 9. The average Bonchev–Trinajstić information content (AvgIpc) is 3.24. The van der Waals surface area contributed by atoms with Gasteiger partial charge in [0.25, 0.3) is 0 Å². The maximum Gasteiger partial charge on any atom is 0.305 e. The number of carbonyl (C=O) groups is 11. The van der Waals surface area contributed by atoms with Gasteiger partial charge in [-0.25, -0.2) is 0 Å². The summed E-state index contributed by atoms with van der Waals surface area (Å²) in [5, 5.41) is 38.4. The van der Waals surface area contributed by atoms with Crippen LogP contribution in [0.1, 0.15) is 76.8 Å². The van der Waals surface area contributed by atoms with Gasteiger partial charge in [-0.2, -0.15) is 0 Å². The van der Waals surface area contributed by atoms with Gasteiger partial charge >= 0.3 is 11.9 Å². The van der Waals surface area contributed by atoms with E-state index in [4.69, 9.17) is 5.73 Å². The first kappa shape index (κ1) is 53.1. The Balaban J connectivity index is 1.89. The van der Waals surface area contributed by atoms with Gasteiger partial charge in [0.05, 0.1) is 18.9 Å². The highest BCUT2D eigenvalue weighted by Gasteiger charge is 2.35. The normalized spacial score (nSPS) is 20.0. The monoisotopic (exact) mass is 921 g/mol. The molecule has 2 aromatic rings. The Morgan fingerprint density at radius 3 is 1.88 bits per heavy atom. The van der Waals surface area contributed by atoms with Gasteiger partial charge in [-0.3, -0.25) is 58.1 Å². The van der Waals surface area contributed by atoms with E-state index in [1.807, 2.05) is 5.32 Å². The zero-order chi connectivity index (χ0) is 48.9. The SMILES string of the molecule is CC(=O)N[C@@H](Cc1ccccc1)C(=O)NC1CCC(=O)NCCC[C@@H](C(=O)NC(=O)[C@H](CC(=O)O)NC(=O)[C@@H](N)Cc2ccccc2)NC(=O)C(CC(=O)O)NC(=O)C(CC(C)C)NC1=O. The number of imide groups is 1. The molecule has 1 fully saturated rings. The van der Waals surface area contributed by atoms with Crippen LogP contribution in [0, 0.1) is 5.92 Å². The predicted octanol–water partition coefficient (Wildman–Crippen LogP) is -1.94. The van der Waals surface area contributed by atoms with Gasteiger partial charge in [0.15, 0.2) is 0 Å². The molecule has 0 bridgehead atoms. The lowest BCUT2D eigenvalue weighted by Gasteiger charge is -2.27. The Hall–Kier alpha value is -7.23. The summed E-state index contributed by atoms with van der Waals surface area (Å²) in [5.41, 5.74) is 7.38. The second-order valence-electron chi connectivity index (χ2n) is 16.3. The summed E-state index contributed by atoms with van der Waals surface area (Å²) in [6.07, 6.45) is -2.97. The van der Waals surface area contributed by atoms with Crippen LogP contribution in [0.25, 0.3) is 0 Å². The van der Waals surface area contributed by atoms with Crippen LogP contribution in [-0.2, 0) is 65.6 Å². The van der Waals surface area contributed by atoms with E-state index in [1.165, 1.54) is 6.92 Å². The van der Waals surface area contributed by atoms with Crippen molar-refractivity contribution in [3.05, 3.63) is 71.8 Å². The fourth-order valence-electron chi connectivity index (χ4n) is 6.83. The minimum atomic E-state index is -1.86. The maximum absolute atomic E-state index is 13.9. The molecule has 0 saturated carbocycles. The summed E-state index contributed by atoms with van der Waals surface area (Å²) in [6.45, 7) is 4.50. The van der Waals surface area contributed by atoms with E-state index in [0.29, 0.717) is 11.1 Å². The number of benzene rings is 2. The molecule has 0 aromatic heterocycles. The Kier molecular flexibility index (Phi) is 21.4. The fourth-order valence-corrected chi connectivity index (χ4v) is 6.83. The lowest BCUT2D eigenvalue weighted by molar-refractivity contribution is -0.143. The summed E-state index contributed by atoms with van der Waals surface area (Å²) in [4.78, 5) is 144. The molecule has 12 N–H and O–H groups in total. The van der Waals surface area contributed by atoms with Crippen molar-refractivity contribution in [2.45, 2.75) is 121 Å². The smallest absolute Gasteiger partial charge is 0.305 e. The molecule has 3 rings (SSSR count). The lowest BCUT2D eigenvalue weighted by atomic mass is 10.0. The number of aliphatic carboxylic acids is 2. The topological polar surface area (TPSA) is 350 Å². The summed E-state index contributed by atoms with van der Waals surface area (Å²) >= 11 is 0. The standard InChI is InChI=1S/C44H59N9O13/c1-24(2)19-31-41(63)52-33(22-36(56)57)43(65)48-29(40(62)53-44(66)34(23-37(58)59)50-38(60)28(45)20-26-11-6-4-7-12-26)15-10-18-46-35(55)17-16-30(39(61)51-31)49-42(64)32(47-25(3)54)21-27-13-8-5-9-14-27/h4-9,11-14,24,28-34H,10,15-23,45H2,1-3H3,(H,46,55)(H,47,54)(H,48,65)(H,49,64)(H,50,60)(H,51,61)(H,52,63)(H,56,57)(H,58,59)(H,53,62,66)/t28-,29-,30?,31?,32-,33?,34-/m0/s1. The van der Waals surface area contributed by atoms with Crippen molar-refractivity contribution in [2.75, 3.05) is 6.54 Å². The number of hydrogen-bond donors (Lipinski definition) is 11. The van der Waals surface area contributed by atoms with Crippen molar-refractivity contribution in [3.63, 3.8) is 0 Å².